The molecule has 1 aliphatic carbocycles. The van der Waals surface area contributed by atoms with Gasteiger partial charge >= 0.3 is 5.97 Å². The third-order valence-corrected chi connectivity index (χ3v) is 4.60. The first-order chi connectivity index (χ1) is 12.5. The lowest BCUT2D eigenvalue weighted by Crippen LogP contribution is -2.25. The van der Waals surface area contributed by atoms with Crippen LogP contribution in [-0.2, 0) is 17.8 Å². The normalized spacial score (nSPS) is 14.3. The molecule has 6 heteroatoms. The number of amides is 1. The van der Waals surface area contributed by atoms with Crippen LogP contribution in [0.4, 0.5) is 0 Å². The quantitative estimate of drug-likeness (QED) is 0.792. The summed E-state index contributed by atoms with van der Waals surface area (Å²) < 4.78 is 11.3. The van der Waals surface area contributed by atoms with Gasteiger partial charge in [-0.05, 0) is 38.7 Å². The predicted molar refractivity (Wildman–Crippen MR) is 95.3 cm³/mol. The Labute approximate surface area is 152 Å². The standard InChI is InChI=1S/C20H23NO5/c1-13-12-25-17(10-18(22)23)19(13)20(24)21-11-14-6-2-5-9-16(14)26-15-7-3-4-8-15/h2,5-6,9,12,15H,3-4,7-8,10-11H2,1H3,(H,21,24)(H,22,23). The molecule has 1 heterocycles. The van der Waals surface area contributed by atoms with E-state index in [0.29, 0.717) is 17.7 Å². The van der Waals surface area contributed by atoms with Gasteiger partial charge in [0.25, 0.3) is 5.91 Å². The molecule has 3 rings (SSSR count). The highest BCUT2D eigenvalue weighted by molar-refractivity contribution is 5.97. The molecular formula is C20H23NO5. The maximum absolute atomic E-state index is 12.6. The number of carboxylic acids is 1. The molecule has 26 heavy (non-hydrogen) atoms. The zero-order valence-corrected chi connectivity index (χ0v) is 14.8. The van der Waals surface area contributed by atoms with Crippen molar-refractivity contribution in [2.75, 3.05) is 0 Å². The van der Waals surface area contributed by atoms with Crippen LogP contribution < -0.4 is 10.1 Å². The SMILES string of the molecule is Cc1coc(CC(=O)O)c1C(=O)NCc1ccccc1OC1CCCC1. The number of rotatable bonds is 7. The van der Waals surface area contributed by atoms with Crippen molar-refractivity contribution in [1.29, 1.82) is 0 Å². The molecule has 1 fully saturated rings. The van der Waals surface area contributed by atoms with Crippen LogP contribution in [0.15, 0.2) is 34.9 Å². The van der Waals surface area contributed by atoms with Gasteiger partial charge in [0.2, 0.25) is 0 Å². The van der Waals surface area contributed by atoms with E-state index in [0.717, 1.165) is 24.2 Å². The Morgan fingerprint density at radius 2 is 2.00 bits per heavy atom. The topological polar surface area (TPSA) is 88.8 Å². The summed E-state index contributed by atoms with van der Waals surface area (Å²) in [7, 11) is 0. The molecule has 0 saturated heterocycles. The van der Waals surface area contributed by atoms with Crippen molar-refractivity contribution in [1.82, 2.24) is 5.32 Å². The molecule has 2 aromatic rings. The van der Waals surface area contributed by atoms with Crippen LogP contribution in [0, 0.1) is 6.92 Å². The highest BCUT2D eigenvalue weighted by Gasteiger charge is 2.21. The smallest absolute Gasteiger partial charge is 0.311 e. The van der Waals surface area contributed by atoms with Crippen LogP contribution in [0.2, 0.25) is 0 Å². The zero-order valence-electron chi connectivity index (χ0n) is 14.8. The van der Waals surface area contributed by atoms with Gasteiger partial charge in [0.1, 0.15) is 17.9 Å². The molecule has 138 valence electrons. The maximum atomic E-state index is 12.6. The molecule has 0 radical (unpaired) electrons. The first-order valence-electron chi connectivity index (χ1n) is 8.86. The van der Waals surface area contributed by atoms with E-state index in [1.165, 1.54) is 19.1 Å². The number of carboxylic acid groups (broad SMARTS) is 1. The van der Waals surface area contributed by atoms with Crippen LogP contribution in [0.5, 0.6) is 5.75 Å². The fourth-order valence-electron chi connectivity index (χ4n) is 3.28. The third-order valence-electron chi connectivity index (χ3n) is 4.60. The maximum Gasteiger partial charge on any atom is 0.311 e. The summed E-state index contributed by atoms with van der Waals surface area (Å²) in [6, 6.07) is 7.66. The minimum atomic E-state index is -1.04. The van der Waals surface area contributed by atoms with Crippen LogP contribution in [0.25, 0.3) is 0 Å². The number of nitrogens with one attached hydrogen (secondary N) is 1. The summed E-state index contributed by atoms with van der Waals surface area (Å²) in [6.07, 6.45) is 5.83. The van der Waals surface area contributed by atoms with E-state index < -0.39 is 5.97 Å². The van der Waals surface area contributed by atoms with Crippen molar-refractivity contribution in [2.45, 2.75) is 51.7 Å². The number of carbonyl (C=O) groups is 2. The van der Waals surface area contributed by atoms with Crippen molar-refractivity contribution in [3.05, 3.63) is 53.0 Å². The number of para-hydroxylation sites is 1. The predicted octanol–water partition coefficient (Wildman–Crippen LogP) is 3.47. The van der Waals surface area contributed by atoms with Crippen LogP contribution in [0.1, 0.15) is 52.9 Å². The minimum absolute atomic E-state index is 0.169. The largest absolute Gasteiger partial charge is 0.490 e. The number of benzene rings is 1. The third kappa shape index (κ3) is 4.25. The number of hydrogen-bond acceptors (Lipinski definition) is 4. The van der Waals surface area contributed by atoms with Crippen molar-refractivity contribution in [2.24, 2.45) is 0 Å². The van der Waals surface area contributed by atoms with Crippen LogP contribution in [-0.4, -0.2) is 23.1 Å². The Morgan fingerprint density at radius 1 is 1.27 bits per heavy atom. The molecule has 0 unspecified atom stereocenters. The summed E-state index contributed by atoms with van der Waals surface area (Å²) in [5.41, 5.74) is 1.81. The first kappa shape index (κ1) is 18.0. The van der Waals surface area contributed by atoms with Gasteiger partial charge in [-0.3, -0.25) is 9.59 Å². The molecule has 2 N–H and O–H groups in total. The number of aryl methyl sites for hydroxylation is 1. The van der Waals surface area contributed by atoms with E-state index in [9.17, 15) is 9.59 Å². The van der Waals surface area contributed by atoms with Crippen molar-refractivity contribution < 1.29 is 23.8 Å². The summed E-state index contributed by atoms with van der Waals surface area (Å²) >= 11 is 0. The molecule has 1 aliphatic rings. The lowest BCUT2D eigenvalue weighted by Gasteiger charge is -2.17. The summed E-state index contributed by atoms with van der Waals surface area (Å²) in [5.74, 6) is -0.427. The lowest BCUT2D eigenvalue weighted by atomic mass is 10.1. The Kier molecular flexibility index (Phi) is 5.61. The molecule has 0 spiro atoms. The molecule has 1 amide bonds. The van der Waals surface area contributed by atoms with Gasteiger partial charge < -0.3 is 19.6 Å². The van der Waals surface area contributed by atoms with E-state index in [-0.39, 0.29) is 24.2 Å². The van der Waals surface area contributed by atoms with Gasteiger partial charge in [-0.1, -0.05) is 18.2 Å². The Balaban J connectivity index is 1.68. The second-order valence-electron chi connectivity index (χ2n) is 6.60. The second-order valence-corrected chi connectivity index (χ2v) is 6.60. The number of hydrogen-bond donors (Lipinski definition) is 2. The average Bonchev–Trinajstić information content (AvgIpc) is 3.23. The molecule has 1 aromatic carbocycles. The van der Waals surface area contributed by atoms with Gasteiger partial charge in [-0.25, -0.2) is 0 Å². The highest BCUT2D eigenvalue weighted by atomic mass is 16.5. The van der Waals surface area contributed by atoms with Crippen molar-refractivity contribution >= 4 is 11.9 Å². The van der Waals surface area contributed by atoms with Gasteiger partial charge in [0.05, 0.1) is 17.9 Å². The molecule has 6 nitrogen and oxygen atoms in total. The lowest BCUT2D eigenvalue weighted by molar-refractivity contribution is -0.136. The minimum Gasteiger partial charge on any atom is -0.490 e. The zero-order chi connectivity index (χ0) is 18.5. The van der Waals surface area contributed by atoms with Gasteiger partial charge in [-0.15, -0.1) is 0 Å². The summed E-state index contributed by atoms with van der Waals surface area (Å²) in [4.78, 5) is 23.5. The Bertz CT molecular complexity index is 789. The van der Waals surface area contributed by atoms with E-state index in [1.54, 1.807) is 6.92 Å². The fourth-order valence-corrected chi connectivity index (χ4v) is 3.28. The average molecular weight is 357 g/mol. The molecule has 1 saturated carbocycles. The van der Waals surface area contributed by atoms with E-state index in [2.05, 4.69) is 5.32 Å². The number of furan rings is 1. The monoisotopic (exact) mass is 357 g/mol. The Morgan fingerprint density at radius 3 is 2.73 bits per heavy atom. The number of aliphatic carboxylic acids is 1. The molecule has 0 aliphatic heterocycles. The summed E-state index contributed by atoms with van der Waals surface area (Å²) in [5, 5.41) is 11.8. The van der Waals surface area contributed by atoms with Gasteiger partial charge in [0, 0.05) is 17.7 Å². The molecule has 0 bridgehead atoms. The van der Waals surface area contributed by atoms with Crippen LogP contribution >= 0.6 is 0 Å². The fraction of sp³-hybridized carbons (Fsp3) is 0.400. The number of carbonyl (C=O) groups excluding carboxylic acids is 1. The van der Waals surface area contributed by atoms with Crippen molar-refractivity contribution in [3.8, 4) is 5.75 Å². The molecule has 1 aromatic heterocycles. The second kappa shape index (κ2) is 8.08. The van der Waals surface area contributed by atoms with Gasteiger partial charge in [-0.2, -0.15) is 0 Å². The van der Waals surface area contributed by atoms with E-state index >= 15 is 0 Å². The highest BCUT2D eigenvalue weighted by Crippen LogP contribution is 2.26. The molecule has 0 atom stereocenters. The van der Waals surface area contributed by atoms with Crippen molar-refractivity contribution in [3.63, 3.8) is 0 Å². The first-order valence-corrected chi connectivity index (χ1v) is 8.86. The van der Waals surface area contributed by atoms with E-state index in [1.807, 2.05) is 24.3 Å². The van der Waals surface area contributed by atoms with Crippen LogP contribution in [0.3, 0.4) is 0 Å². The van der Waals surface area contributed by atoms with E-state index in [4.69, 9.17) is 14.3 Å². The Hall–Kier alpha value is -2.76. The number of ether oxygens (including phenoxy) is 1. The molecular weight excluding hydrogens is 334 g/mol. The summed E-state index contributed by atoms with van der Waals surface area (Å²) in [6.45, 7) is 2.03. The van der Waals surface area contributed by atoms with Gasteiger partial charge in [0.15, 0.2) is 0 Å².